The van der Waals surface area contributed by atoms with Crippen molar-refractivity contribution in [3.05, 3.63) is 72.1 Å². The largest absolute Gasteiger partial charge is 0.338 e. The van der Waals surface area contributed by atoms with Crippen LogP contribution in [-0.4, -0.2) is 39.3 Å². The molecule has 0 saturated carbocycles. The Morgan fingerprint density at radius 3 is 2.74 bits per heavy atom. The lowest BCUT2D eigenvalue weighted by atomic mass is 9.90. The van der Waals surface area contributed by atoms with Gasteiger partial charge in [-0.25, -0.2) is 4.52 Å². The topological polar surface area (TPSA) is 54.7 Å². The lowest BCUT2D eigenvalue weighted by Crippen LogP contribution is -2.42. The third-order valence-electron chi connectivity index (χ3n) is 5.32. The number of rotatable bonds is 5. The fourth-order valence-corrected chi connectivity index (χ4v) is 3.81. The van der Waals surface area contributed by atoms with Crippen molar-refractivity contribution >= 4 is 17.2 Å². The van der Waals surface area contributed by atoms with Gasteiger partial charge < -0.3 is 4.90 Å². The van der Waals surface area contributed by atoms with Crippen molar-refractivity contribution in [1.29, 1.82) is 0 Å². The van der Waals surface area contributed by atoms with Gasteiger partial charge >= 0.3 is 0 Å². The highest BCUT2D eigenvalue weighted by Gasteiger charge is 2.29. The van der Waals surface area contributed by atoms with Crippen LogP contribution in [-0.2, 0) is 11.2 Å². The smallest absolute Gasteiger partial charge is 0.257 e. The Hall–Kier alpha value is -2.95. The molecule has 0 unspecified atom stereocenters. The third kappa shape index (κ3) is 3.77. The summed E-state index contributed by atoms with van der Waals surface area (Å²) in [5.74, 6) is 0.168. The van der Waals surface area contributed by atoms with Crippen molar-refractivity contribution in [3.8, 4) is 0 Å². The lowest BCUT2D eigenvalue weighted by molar-refractivity contribution is -0.124. The first-order valence-corrected chi connectivity index (χ1v) is 9.50. The van der Waals surface area contributed by atoms with Gasteiger partial charge in [-0.3, -0.25) is 9.59 Å². The second kappa shape index (κ2) is 7.74. The van der Waals surface area contributed by atoms with E-state index in [9.17, 15) is 9.59 Å². The number of amides is 1. The zero-order valence-electron chi connectivity index (χ0n) is 15.3. The summed E-state index contributed by atoms with van der Waals surface area (Å²) in [7, 11) is 0. The molecule has 1 saturated heterocycles. The molecule has 0 aliphatic carbocycles. The van der Waals surface area contributed by atoms with Crippen LogP contribution in [0.1, 0.15) is 35.2 Å². The lowest BCUT2D eigenvalue weighted by Gasteiger charge is -2.32. The van der Waals surface area contributed by atoms with Gasteiger partial charge in [0.25, 0.3) is 5.91 Å². The SMILES string of the molecule is O=C(CCc1ccccc1)[C@H]1CCCN(C(=O)c2cnn3ccccc23)C1. The van der Waals surface area contributed by atoms with Crippen LogP contribution < -0.4 is 0 Å². The monoisotopic (exact) mass is 361 g/mol. The molecule has 27 heavy (non-hydrogen) atoms. The summed E-state index contributed by atoms with van der Waals surface area (Å²) < 4.78 is 1.71. The molecule has 4 rings (SSSR count). The average Bonchev–Trinajstić information content (AvgIpc) is 3.16. The number of hydrogen-bond acceptors (Lipinski definition) is 3. The van der Waals surface area contributed by atoms with Gasteiger partial charge in [0, 0.05) is 31.6 Å². The number of carbonyl (C=O) groups is 2. The molecular weight excluding hydrogens is 338 g/mol. The summed E-state index contributed by atoms with van der Waals surface area (Å²) >= 11 is 0. The molecule has 5 nitrogen and oxygen atoms in total. The molecule has 1 fully saturated rings. The van der Waals surface area contributed by atoms with Gasteiger partial charge in [0.2, 0.25) is 0 Å². The van der Waals surface area contributed by atoms with E-state index >= 15 is 0 Å². The second-order valence-corrected chi connectivity index (χ2v) is 7.13. The number of Topliss-reactive ketones (excluding diaryl/α,β-unsaturated/α-hetero) is 1. The number of carbonyl (C=O) groups excluding carboxylic acids is 2. The molecule has 0 spiro atoms. The van der Waals surface area contributed by atoms with E-state index in [1.165, 1.54) is 5.56 Å². The van der Waals surface area contributed by atoms with E-state index in [0.717, 1.165) is 24.8 Å². The quantitative estimate of drug-likeness (QED) is 0.700. The molecule has 1 aliphatic rings. The number of pyridine rings is 1. The Labute approximate surface area is 158 Å². The van der Waals surface area contributed by atoms with Crippen molar-refractivity contribution in [1.82, 2.24) is 14.5 Å². The number of ketones is 1. The van der Waals surface area contributed by atoms with E-state index in [1.807, 2.05) is 47.5 Å². The molecule has 1 amide bonds. The van der Waals surface area contributed by atoms with Crippen LogP contribution in [0.15, 0.2) is 60.9 Å². The zero-order chi connectivity index (χ0) is 18.6. The van der Waals surface area contributed by atoms with Crippen LogP contribution >= 0.6 is 0 Å². The van der Waals surface area contributed by atoms with Gasteiger partial charge in [-0.15, -0.1) is 0 Å². The van der Waals surface area contributed by atoms with Crippen molar-refractivity contribution in [2.75, 3.05) is 13.1 Å². The first kappa shape index (κ1) is 17.5. The van der Waals surface area contributed by atoms with Gasteiger partial charge in [-0.05, 0) is 37.0 Å². The average molecular weight is 361 g/mol. The highest BCUT2D eigenvalue weighted by Crippen LogP contribution is 2.22. The molecule has 1 atom stereocenters. The third-order valence-corrected chi connectivity index (χ3v) is 5.32. The number of likely N-dealkylation sites (tertiary alicyclic amines) is 1. The van der Waals surface area contributed by atoms with Crippen molar-refractivity contribution in [2.24, 2.45) is 5.92 Å². The van der Waals surface area contributed by atoms with E-state index in [0.29, 0.717) is 25.1 Å². The van der Waals surface area contributed by atoms with Crippen LogP contribution in [0.3, 0.4) is 0 Å². The fraction of sp³-hybridized carbons (Fsp3) is 0.318. The van der Waals surface area contributed by atoms with Gasteiger partial charge in [-0.1, -0.05) is 36.4 Å². The predicted molar refractivity (Wildman–Crippen MR) is 104 cm³/mol. The summed E-state index contributed by atoms with van der Waals surface area (Å²) in [6, 6.07) is 15.8. The molecule has 3 aromatic rings. The number of benzene rings is 1. The molecule has 5 heteroatoms. The summed E-state index contributed by atoms with van der Waals surface area (Å²) in [4.78, 5) is 27.5. The maximum atomic E-state index is 13.0. The molecule has 0 radical (unpaired) electrons. The maximum Gasteiger partial charge on any atom is 0.257 e. The van der Waals surface area contributed by atoms with Crippen LogP contribution in [0.4, 0.5) is 0 Å². The van der Waals surface area contributed by atoms with Crippen molar-refractivity contribution in [3.63, 3.8) is 0 Å². The van der Waals surface area contributed by atoms with Crippen LogP contribution in [0.2, 0.25) is 0 Å². The summed E-state index contributed by atoms with van der Waals surface area (Å²) in [6.07, 6.45) is 6.49. The number of aromatic nitrogens is 2. The minimum absolute atomic E-state index is 0.0308. The highest BCUT2D eigenvalue weighted by molar-refractivity contribution is 6.00. The molecule has 138 valence electrons. The molecule has 3 heterocycles. The van der Waals surface area contributed by atoms with Crippen LogP contribution in [0.5, 0.6) is 0 Å². The molecular formula is C22H23N3O2. The molecule has 2 aromatic heterocycles. The number of aryl methyl sites for hydroxylation is 1. The molecule has 1 aliphatic heterocycles. The van der Waals surface area contributed by atoms with Gasteiger partial charge in [0.1, 0.15) is 5.78 Å². The number of fused-ring (bicyclic) bond motifs is 1. The Kier molecular flexibility index (Phi) is 5.01. The summed E-state index contributed by atoms with van der Waals surface area (Å²) in [6.45, 7) is 1.21. The van der Waals surface area contributed by atoms with E-state index in [2.05, 4.69) is 17.2 Å². The fourth-order valence-electron chi connectivity index (χ4n) is 3.81. The number of hydrogen-bond donors (Lipinski definition) is 0. The summed E-state index contributed by atoms with van der Waals surface area (Å²) in [5, 5.41) is 4.25. The van der Waals surface area contributed by atoms with Gasteiger partial charge in [-0.2, -0.15) is 5.10 Å². The standard InChI is InChI=1S/C22H23N3O2/c26-21(12-11-17-7-2-1-3-8-17)18-9-6-13-24(16-18)22(27)19-15-23-25-14-5-4-10-20(19)25/h1-5,7-8,10,14-15,18H,6,9,11-13,16H2/t18-/m0/s1. The van der Waals surface area contributed by atoms with Gasteiger partial charge in [0.15, 0.2) is 0 Å². The maximum absolute atomic E-state index is 13.0. The Morgan fingerprint density at radius 2 is 1.89 bits per heavy atom. The van der Waals surface area contributed by atoms with Crippen molar-refractivity contribution < 1.29 is 9.59 Å². The minimum atomic E-state index is -0.0618. The Balaban J connectivity index is 1.41. The molecule has 0 bridgehead atoms. The van der Waals surface area contributed by atoms with E-state index in [1.54, 1.807) is 10.7 Å². The number of piperidine rings is 1. The van der Waals surface area contributed by atoms with Crippen LogP contribution in [0.25, 0.3) is 5.52 Å². The van der Waals surface area contributed by atoms with Crippen molar-refractivity contribution in [2.45, 2.75) is 25.7 Å². The highest BCUT2D eigenvalue weighted by atomic mass is 16.2. The van der Waals surface area contributed by atoms with Crippen LogP contribution in [0, 0.1) is 5.92 Å². The predicted octanol–water partition coefficient (Wildman–Crippen LogP) is 3.39. The Morgan fingerprint density at radius 1 is 1.07 bits per heavy atom. The first-order chi connectivity index (χ1) is 13.2. The normalized spacial score (nSPS) is 17.2. The van der Waals surface area contributed by atoms with E-state index in [-0.39, 0.29) is 17.6 Å². The molecule has 0 N–H and O–H groups in total. The first-order valence-electron chi connectivity index (χ1n) is 9.50. The Bertz CT molecular complexity index is 948. The van der Waals surface area contributed by atoms with E-state index < -0.39 is 0 Å². The van der Waals surface area contributed by atoms with Gasteiger partial charge in [0.05, 0.1) is 17.3 Å². The zero-order valence-corrected chi connectivity index (χ0v) is 15.3. The van der Waals surface area contributed by atoms with E-state index in [4.69, 9.17) is 0 Å². The molecule has 1 aromatic carbocycles. The summed E-state index contributed by atoms with van der Waals surface area (Å²) in [5.41, 5.74) is 2.59. The number of nitrogens with zero attached hydrogens (tertiary/aromatic N) is 3. The second-order valence-electron chi connectivity index (χ2n) is 7.13. The minimum Gasteiger partial charge on any atom is -0.338 e.